The molecule has 0 atom stereocenters. The lowest BCUT2D eigenvalue weighted by Gasteiger charge is -2.29. The van der Waals surface area contributed by atoms with Crippen molar-refractivity contribution in [3.8, 4) is 0 Å². The van der Waals surface area contributed by atoms with E-state index in [-0.39, 0.29) is 11.3 Å². The minimum absolute atomic E-state index is 0.221. The van der Waals surface area contributed by atoms with Crippen molar-refractivity contribution in [3.05, 3.63) is 29.8 Å². The van der Waals surface area contributed by atoms with Crippen molar-refractivity contribution in [3.63, 3.8) is 0 Å². The lowest BCUT2D eigenvalue weighted by molar-refractivity contribution is -0.144. The Morgan fingerprint density at radius 2 is 1.82 bits per heavy atom. The fraction of sp³-hybridized carbons (Fsp3) is 0.438. The molecule has 22 heavy (non-hydrogen) atoms. The highest BCUT2D eigenvalue weighted by molar-refractivity contribution is 6.39. The molecule has 0 unspecified atom stereocenters. The van der Waals surface area contributed by atoms with E-state index >= 15 is 0 Å². The molecule has 1 aromatic rings. The molecule has 0 bridgehead atoms. The Hall–Kier alpha value is -2.37. The third-order valence-corrected chi connectivity index (χ3v) is 3.85. The number of carbonyl (C=O) groups is 3. The van der Waals surface area contributed by atoms with E-state index in [4.69, 9.17) is 0 Å². The van der Waals surface area contributed by atoms with Gasteiger partial charge in [0.15, 0.2) is 0 Å². The highest BCUT2D eigenvalue weighted by Crippen LogP contribution is 2.18. The Balaban J connectivity index is 2.06. The van der Waals surface area contributed by atoms with Crippen molar-refractivity contribution in [2.45, 2.75) is 19.8 Å². The van der Waals surface area contributed by atoms with E-state index in [1.54, 1.807) is 23.1 Å². The average molecular weight is 304 g/mol. The molecular formula is C16H20N2O4. The molecule has 1 fully saturated rings. The molecule has 1 aliphatic rings. The zero-order chi connectivity index (χ0) is 16.1. The van der Waals surface area contributed by atoms with Gasteiger partial charge in [0.25, 0.3) is 0 Å². The molecule has 0 spiro atoms. The van der Waals surface area contributed by atoms with Crippen molar-refractivity contribution >= 4 is 23.5 Å². The number of amides is 2. The number of hydrogen-bond acceptors (Lipinski definition) is 4. The van der Waals surface area contributed by atoms with E-state index in [2.05, 4.69) is 17.0 Å². The number of esters is 1. The second kappa shape index (κ2) is 7.06. The van der Waals surface area contributed by atoms with E-state index in [0.29, 0.717) is 19.0 Å². The Morgan fingerprint density at radius 1 is 1.18 bits per heavy atom. The summed E-state index contributed by atoms with van der Waals surface area (Å²) in [6.07, 6.45) is 1.80. The molecule has 2 rings (SSSR count). The van der Waals surface area contributed by atoms with Crippen LogP contribution in [0.2, 0.25) is 0 Å². The number of ether oxygens (including phenoxy) is 1. The minimum Gasteiger partial charge on any atom is -0.465 e. The van der Waals surface area contributed by atoms with Gasteiger partial charge in [-0.05, 0) is 30.9 Å². The van der Waals surface area contributed by atoms with E-state index in [1.807, 2.05) is 0 Å². The predicted molar refractivity (Wildman–Crippen MR) is 81.4 cm³/mol. The van der Waals surface area contributed by atoms with Gasteiger partial charge in [-0.1, -0.05) is 19.1 Å². The Morgan fingerprint density at radius 3 is 2.45 bits per heavy atom. The number of likely N-dealkylation sites (tertiary alicyclic amines) is 1. The molecule has 1 heterocycles. The van der Waals surface area contributed by atoms with Gasteiger partial charge in [-0.2, -0.15) is 0 Å². The number of anilines is 1. The number of para-hydroxylation sites is 1. The summed E-state index contributed by atoms with van der Waals surface area (Å²) in [4.78, 5) is 37.5. The highest BCUT2D eigenvalue weighted by Gasteiger charge is 2.26. The van der Waals surface area contributed by atoms with Crippen LogP contribution in [0, 0.1) is 5.92 Å². The molecule has 1 N–H and O–H groups in total. The van der Waals surface area contributed by atoms with Crippen molar-refractivity contribution in [2.24, 2.45) is 5.92 Å². The van der Waals surface area contributed by atoms with Crippen LogP contribution in [0.3, 0.4) is 0 Å². The molecule has 2 amide bonds. The summed E-state index contributed by atoms with van der Waals surface area (Å²) in [6.45, 7) is 3.31. The van der Waals surface area contributed by atoms with Crippen molar-refractivity contribution in [1.29, 1.82) is 0 Å². The molecule has 1 saturated heterocycles. The highest BCUT2D eigenvalue weighted by atomic mass is 16.5. The Kier molecular flexibility index (Phi) is 5.14. The number of nitrogens with zero attached hydrogens (tertiary/aromatic N) is 1. The zero-order valence-electron chi connectivity index (χ0n) is 12.8. The number of rotatable bonds is 2. The standard InChI is InChI=1S/C16H20N2O4/c1-11-7-9-18(10-8-11)15(20)14(19)17-13-6-4-3-5-12(13)16(21)22-2/h3-6,11H,7-10H2,1-2H3,(H,17,19). The van der Waals surface area contributed by atoms with Crippen LogP contribution in [0.25, 0.3) is 0 Å². The maximum Gasteiger partial charge on any atom is 0.339 e. The molecule has 6 heteroatoms. The monoisotopic (exact) mass is 304 g/mol. The van der Waals surface area contributed by atoms with Gasteiger partial charge in [0.1, 0.15) is 0 Å². The van der Waals surface area contributed by atoms with Crippen LogP contribution in [-0.4, -0.2) is 42.9 Å². The summed E-state index contributed by atoms with van der Waals surface area (Å²) in [5.74, 6) is -1.28. The van der Waals surface area contributed by atoms with Gasteiger partial charge in [0.05, 0.1) is 18.4 Å². The fourth-order valence-corrected chi connectivity index (χ4v) is 2.41. The second-order valence-electron chi connectivity index (χ2n) is 5.47. The first-order chi connectivity index (χ1) is 10.5. The van der Waals surface area contributed by atoms with Crippen LogP contribution >= 0.6 is 0 Å². The first-order valence-corrected chi connectivity index (χ1v) is 7.30. The Labute approximate surface area is 129 Å². The van der Waals surface area contributed by atoms with Crippen LogP contribution in [0.5, 0.6) is 0 Å². The van der Waals surface area contributed by atoms with Crippen molar-refractivity contribution in [2.75, 3.05) is 25.5 Å². The number of piperidine rings is 1. The van der Waals surface area contributed by atoms with Gasteiger partial charge >= 0.3 is 17.8 Å². The van der Waals surface area contributed by atoms with Crippen LogP contribution in [0.1, 0.15) is 30.1 Å². The first kappa shape index (κ1) is 16.0. The van der Waals surface area contributed by atoms with Gasteiger partial charge in [-0.15, -0.1) is 0 Å². The van der Waals surface area contributed by atoms with Gasteiger partial charge in [0, 0.05) is 13.1 Å². The number of hydrogen-bond donors (Lipinski definition) is 1. The summed E-state index contributed by atoms with van der Waals surface area (Å²) < 4.78 is 4.66. The topological polar surface area (TPSA) is 75.7 Å². The molecule has 1 aromatic carbocycles. The van der Waals surface area contributed by atoms with Gasteiger partial charge in [-0.25, -0.2) is 4.79 Å². The number of carbonyl (C=O) groups excluding carboxylic acids is 3. The van der Waals surface area contributed by atoms with E-state index in [0.717, 1.165) is 12.8 Å². The minimum atomic E-state index is -0.731. The predicted octanol–water partition coefficient (Wildman–Crippen LogP) is 1.67. The molecule has 118 valence electrons. The number of nitrogens with one attached hydrogen (secondary N) is 1. The summed E-state index contributed by atoms with van der Waals surface area (Å²) in [7, 11) is 1.26. The quantitative estimate of drug-likeness (QED) is 0.666. The smallest absolute Gasteiger partial charge is 0.339 e. The maximum absolute atomic E-state index is 12.2. The van der Waals surface area contributed by atoms with Crippen LogP contribution in [0.4, 0.5) is 5.69 Å². The average Bonchev–Trinajstić information content (AvgIpc) is 2.54. The molecule has 0 aromatic heterocycles. The number of methoxy groups -OCH3 is 1. The molecule has 6 nitrogen and oxygen atoms in total. The second-order valence-corrected chi connectivity index (χ2v) is 5.47. The van der Waals surface area contributed by atoms with Gasteiger partial charge in [-0.3, -0.25) is 9.59 Å². The fourth-order valence-electron chi connectivity index (χ4n) is 2.41. The summed E-state index contributed by atoms with van der Waals surface area (Å²) in [6, 6.07) is 6.44. The molecule has 0 saturated carbocycles. The van der Waals surface area contributed by atoms with Crippen LogP contribution in [0.15, 0.2) is 24.3 Å². The maximum atomic E-state index is 12.2. The lowest BCUT2D eigenvalue weighted by atomic mass is 9.99. The van der Waals surface area contributed by atoms with E-state index in [1.165, 1.54) is 13.2 Å². The first-order valence-electron chi connectivity index (χ1n) is 7.30. The summed E-state index contributed by atoms with van der Waals surface area (Å²) in [5.41, 5.74) is 0.497. The van der Waals surface area contributed by atoms with Crippen molar-refractivity contribution < 1.29 is 19.1 Å². The van der Waals surface area contributed by atoms with E-state index < -0.39 is 17.8 Å². The Bertz CT molecular complexity index is 577. The molecular weight excluding hydrogens is 284 g/mol. The SMILES string of the molecule is COC(=O)c1ccccc1NC(=O)C(=O)N1CCC(C)CC1. The summed E-state index contributed by atoms with van der Waals surface area (Å²) >= 11 is 0. The molecule has 1 aliphatic heterocycles. The van der Waals surface area contributed by atoms with Gasteiger partial charge in [0.2, 0.25) is 0 Å². The molecule has 0 radical (unpaired) electrons. The van der Waals surface area contributed by atoms with Gasteiger partial charge < -0.3 is 15.0 Å². The largest absolute Gasteiger partial charge is 0.465 e. The zero-order valence-corrected chi connectivity index (χ0v) is 12.8. The third-order valence-electron chi connectivity index (χ3n) is 3.85. The van der Waals surface area contributed by atoms with E-state index in [9.17, 15) is 14.4 Å². The lowest BCUT2D eigenvalue weighted by Crippen LogP contribution is -2.44. The molecule has 0 aliphatic carbocycles. The van der Waals surface area contributed by atoms with Crippen LogP contribution in [-0.2, 0) is 14.3 Å². The number of benzene rings is 1. The van der Waals surface area contributed by atoms with Crippen molar-refractivity contribution in [1.82, 2.24) is 4.90 Å². The third kappa shape index (κ3) is 3.63. The van der Waals surface area contributed by atoms with Crippen LogP contribution < -0.4 is 5.32 Å². The normalized spacial score (nSPS) is 15.3. The summed E-state index contributed by atoms with van der Waals surface area (Å²) in [5, 5.41) is 2.50.